The van der Waals surface area contributed by atoms with Crippen molar-refractivity contribution in [3.63, 3.8) is 0 Å². The van der Waals surface area contributed by atoms with Gasteiger partial charge >= 0.3 is 0 Å². The van der Waals surface area contributed by atoms with Gasteiger partial charge < -0.3 is 4.90 Å². The molecular weight excluding hydrogens is 394 g/mol. The SMILES string of the molecule is Cc1ccc(CN(C(=O)c2cccc(S(C)(=O)=O)c2)C2CCc3ccccc32)cc1. The van der Waals surface area contributed by atoms with Gasteiger partial charge in [0.05, 0.1) is 10.9 Å². The highest BCUT2D eigenvalue weighted by atomic mass is 32.2. The van der Waals surface area contributed by atoms with Crippen LogP contribution < -0.4 is 0 Å². The molecule has 1 unspecified atom stereocenters. The molecule has 1 amide bonds. The maximum Gasteiger partial charge on any atom is 0.254 e. The summed E-state index contributed by atoms with van der Waals surface area (Å²) in [7, 11) is -3.39. The topological polar surface area (TPSA) is 54.5 Å². The van der Waals surface area contributed by atoms with Crippen LogP contribution in [0.5, 0.6) is 0 Å². The fraction of sp³-hybridized carbons (Fsp3) is 0.240. The Kier molecular flexibility index (Phi) is 5.48. The van der Waals surface area contributed by atoms with Crippen molar-refractivity contribution >= 4 is 15.7 Å². The smallest absolute Gasteiger partial charge is 0.254 e. The summed E-state index contributed by atoms with van der Waals surface area (Å²) in [6, 6.07) is 22.8. The number of fused-ring (bicyclic) bond motifs is 1. The number of aryl methyl sites for hydroxylation is 2. The summed E-state index contributed by atoms with van der Waals surface area (Å²) < 4.78 is 24.0. The summed E-state index contributed by atoms with van der Waals surface area (Å²) >= 11 is 0. The van der Waals surface area contributed by atoms with Crippen molar-refractivity contribution in [2.24, 2.45) is 0 Å². The van der Waals surface area contributed by atoms with Gasteiger partial charge in [-0.3, -0.25) is 4.79 Å². The van der Waals surface area contributed by atoms with Crippen molar-refractivity contribution in [3.05, 3.63) is 101 Å². The molecule has 3 aromatic rings. The van der Waals surface area contributed by atoms with Gasteiger partial charge in [-0.1, -0.05) is 60.2 Å². The van der Waals surface area contributed by atoms with E-state index in [1.807, 2.05) is 48.2 Å². The first kappa shape index (κ1) is 20.4. The molecule has 4 rings (SSSR count). The summed E-state index contributed by atoms with van der Waals surface area (Å²) in [5, 5.41) is 0. The Morgan fingerprint density at radius 2 is 1.73 bits per heavy atom. The van der Waals surface area contributed by atoms with Gasteiger partial charge in [0.15, 0.2) is 9.84 Å². The molecule has 30 heavy (non-hydrogen) atoms. The van der Waals surface area contributed by atoms with Gasteiger partial charge in [0.25, 0.3) is 5.91 Å². The van der Waals surface area contributed by atoms with Gasteiger partial charge in [0.1, 0.15) is 0 Å². The van der Waals surface area contributed by atoms with E-state index in [-0.39, 0.29) is 16.8 Å². The number of benzene rings is 3. The van der Waals surface area contributed by atoms with Crippen LogP contribution in [0.15, 0.2) is 77.7 Å². The van der Waals surface area contributed by atoms with Crippen LogP contribution in [0.3, 0.4) is 0 Å². The Morgan fingerprint density at radius 1 is 1.00 bits per heavy atom. The van der Waals surface area contributed by atoms with E-state index < -0.39 is 9.84 Å². The number of amides is 1. The zero-order valence-corrected chi connectivity index (χ0v) is 18.0. The van der Waals surface area contributed by atoms with Crippen LogP contribution in [0, 0.1) is 6.92 Å². The highest BCUT2D eigenvalue weighted by molar-refractivity contribution is 7.90. The first-order valence-electron chi connectivity index (χ1n) is 10.1. The number of carbonyl (C=O) groups excluding carboxylic acids is 1. The van der Waals surface area contributed by atoms with E-state index in [9.17, 15) is 13.2 Å². The average molecular weight is 420 g/mol. The van der Waals surface area contributed by atoms with Crippen LogP contribution in [0.4, 0.5) is 0 Å². The van der Waals surface area contributed by atoms with Crippen molar-refractivity contribution < 1.29 is 13.2 Å². The minimum Gasteiger partial charge on any atom is -0.327 e. The summed E-state index contributed by atoms with van der Waals surface area (Å²) in [4.78, 5) is 15.7. The molecule has 0 spiro atoms. The fourth-order valence-electron chi connectivity index (χ4n) is 4.10. The lowest BCUT2D eigenvalue weighted by Crippen LogP contribution is -2.33. The Bertz CT molecular complexity index is 1180. The van der Waals surface area contributed by atoms with Gasteiger partial charge in [-0.2, -0.15) is 0 Å². The third-order valence-corrected chi connectivity index (χ3v) is 6.83. The second kappa shape index (κ2) is 8.07. The number of hydrogen-bond acceptors (Lipinski definition) is 3. The van der Waals surface area contributed by atoms with Crippen molar-refractivity contribution in [1.29, 1.82) is 0 Å². The summed E-state index contributed by atoms with van der Waals surface area (Å²) in [5.41, 5.74) is 5.07. The number of sulfone groups is 1. The average Bonchev–Trinajstić information content (AvgIpc) is 3.16. The molecule has 1 atom stereocenters. The zero-order chi connectivity index (χ0) is 21.3. The molecule has 1 aliphatic rings. The Hall–Kier alpha value is -2.92. The Morgan fingerprint density at radius 3 is 2.47 bits per heavy atom. The molecule has 0 aromatic heterocycles. The van der Waals surface area contributed by atoms with Crippen LogP contribution in [0.1, 0.15) is 45.1 Å². The first-order valence-corrected chi connectivity index (χ1v) is 12.0. The molecule has 0 saturated heterocycles. The lowest BCUT2D eigenvalue weighted by Gasteiger charge is -2.30. The van der Waals surface area contributed by atoms with Crippen molar-refractivity contribution in [1.82, 2.24) is 4.90 Å². The van der Waals surface area contributed by atoms with Gasteiger partial charge in [0, 0.05) is 18.4 Å². The maximum absolute atomic E-state index is 13.6. The van der Waals surface area contributed by atoms with E-state index in [2.05, 4.69) is 12.1 Å². The number of rotatable bonds is 5. The zero-order valence-electron chi connectivity index (χ0n) is 17.2. The van der Waals surface area contributed by atoms with Crippen molar-refractivity contribution in [2.45, 2.75) is 37.2 Å². The van der Waals surface area contributed by atoms with E-state index in [1.54, 1.807) is 12.1 Å². The van der Waals surface area contributed by atoms with E-state index in [0.29, 0.717) is 12.1 Å². The number of nitrogens with zero attached hydrogens (tertiary/aromatic N) is 1. The van der Waals surface area contributed by atoms with Gasteiger partial charge in [0.2, 0.25) is 0 Å². The van der Waals surface area contributed by atoms with Gasteiger partial charge in [-0.05, 0) is 54.7 Å². The van der Waals surface area contributed by atoms with E-state index in [4.69, 9.17) is 0 Å². The molecular formula is C25H25NO3S. The molecule has 0 bridgehead atoms. The van der Waals surface area contributed by atoms with Crippen molar-refractivity contribution in [3.8, 4) is 0 Å². The van der Waals surface area contributed by atoms with E-state index >= 15 is 0 Å². The largest absolute Gasteiger partial charge is 0.327 e. The maximum atomic E-state index is 13.6. The standard InChI is InChI=1S/C25H25NO3S/c1-18-10-12-19(13-11-18)17-26(24-15-14-20-6-3-4-9-23(20)24)25(27)21-7-5-8-22(16-21)30(2,28)29/h3-13,16,24H,14-15,17H2,1-2H3. The van der Waals surface area contributed by atoms with Crippen LogP contribution in [0.25, 0.3) is 0 Å². The molecule has 0 fully saturated rings. The van der Waals surface area contributed by atoms with E-state index in [1.165, 1.54) is 28.8 Å². The molecule has 5 heteroatoms. The molecule has 3 aromatic carbocycles. The van der Waals surface area contributed by atoms with Crippen LogP contribution >= 0.6 is 0 Å². The van der Waals surface area contributed by atoms with Gasteiger partial charge in [-0.25, -0.2) is 8.42 Å². The Balaban J connectivity index is 1.74. The fourth-order valence-corrected chi connectivity index (χ4v) is 4.76. The molecule has 0 radical (unpaired) electrons. The first-order chi connectivity index (χ1) is 14.3. The summed E-state index contributed by atoms with van der Waals surface area (Å²) in [6.45, 7) is 2.51. The van der Waals surface area contributed by atoms with Crippen LogP contribution in [-0.4, -0.2) is 25.5 Å². The molecule has 0 N–H and O–H groups in total. The molecule has 4 nitrogen and oxygen atoms in total. The second-order valence-electron chi connectivity index (χ2n) is 7.97. The summed E-state index contributed by atoms with van der Waals surface area (Å²) in [6.07, 6.45) is 2.96. The molecule has 0 heterocycles. The second-order valence-corrected chi connectivity index (χ2v) is 9.99. The lowest BCUT2D eigenvalue weighted by molar-refractivity contribution is 0.0658. The predicted molar refractivity (Wildman–Crippen MR) is 118 cm³/mol. The third-order valence-electron chi connectivity index (χ3n) is 5.72. The molecule has 0 saturated carbocycles. The summed E-state index contributed by atoms with van der Waals surface area (Å²) in [5.74, 6) is -0.150. The number of carbonyl (C=O) groups is 1. The monoisotopic (exact) mass is 419 g/mol. The minimum absolute atomic E-state index is 0.0307. The minimum atomic E-state index is -3.39. The van der Waals surface area contributed by atoms with E-state index in [0.717, 1.165) is 24.7 Å². The van der Waals surface area contributed by atoms with Crippen molar-refractivity contribution in [2.75, 3.05) is 6.26 Å². The lowest BCUT2D eigenvalue weighted by atomic mass is 10.0. The normalized spacial score (nSPS) is 15.6. The number of hydrogen-bond donors (Lipinski definition) is 0. The van der Waals surface area contributed by atoms with Crippen LogP contribution in [-0.2, 0) is 22.8 Å². The highest BCUT2D eigenvalue weighted by Gasteiger charge is 2.31. The third kappa shape index (κ3) is 4.17. The Labute approximate surface area is 178 Å². The van der Waals surface area contributed by atoms with Crippen LogP contribution in [0.2, 0.25) is 0 Å². The molecule has 154 valence electrons. The quantitative estimate of drug-likeness (QED) is 0.601. The van der Waals surface area contributed by atoms with Gasteiger partial charge in [-0.15, -0.1) is 0 Å². The molecule has 0 aliphatic heterocycles. The molecule has 1 aliphatic carbocycles. The predicted octanol–water partition coefficient (Wildman–Crippen LogP) is 4.73. The highest BCUT2D eigenvalue weighted by Crippen LogP contribution is 2.37.